The number of imide groups is 1. The summed E-state index contributed by atoms with van der Waals surface area (Å²) in [6.07, 6.45) is 3.80. The second kappa shape index (κ2) is 5.16. The van der Waals surface area contributed by atoms with Gasteiger partial charge in [0, 0.05) is 13.6 Å². The van der Waals surface area contributed by atoms with E-state index >= 15 is 0 Å². The highest BCUT2D eigenvalue weighted by molar-refractivity contribution is 6.04. The molecule has 0 unspecified atom stereocenters. The molecule has 0 bridgehead atoms. The first-order chi connectivity index (χ1) is 8.97. The van der Waals surface area contributed by atoms with E-state index in [1.165, 1.54) is 11.9 Å². The molecule has 0 aromatic rings. The summed E-state index contributed by atoms with van der Waals surface area (Å²) in [5.74, 6) is -0.653. The number of nitrogens with zero attached hydrogens (tertiary/aromatic N) is 2. The molecule has 2 fully saturated rings. The Morgan fingerprint density at radius 1 is 1.37 bits per heavy atom. The van der Waals surface area contributed by atoms with E-state index in [0.29, 0.717) is 6.54 Å². The van der Waals surface area contributed by atoms with Gasteiger partial charge < -0.3 is 16.0 Å². The third-order valence-corrected chi connectivity index (χ3v) is 3.89. The highest BCUT2D eigenvalue weighted by Gasteiger charge is 2.38. The number of likely N-dealkylation sites (N-methyl/N-ethyl adjacent to an activating group) is 1. The molecule has 0 spiro atoms. The van der Waals surface area contributed by atoms with Gasteiger partial charge in [-0.2, -0.15) is 0 Å². The van der Waals surface area contributed by atoms with E-state index in [-0.39, 0.29) is 30.4 Å². The standard InChI is InChI=1S/C12H20N4O3/c1-15-7-10(18)16(11(15)19)6-9(17)14-12(8-13)4-2-3-5-12/h2-8,13H2,1H3,(H,14,17). The summed E-state index contributed by atoms with van der Waals surface area (Å²) in [5, 5.41) is 2.90. The molecule has 4 amide bonds. The van der Waals surface area contributed by atoms with Gasteiger partial charge >= 0.3 is 6.03 Å². The molecule has 0 radical (unpaired) electrons. The average Bonchev–Trinajstić information content (AvgIpc) is 2.91. The third kappa shape index (κ3) is 2.70. The number of nitrogens with two attached hydrogens (primary N) is 1. The molecule has 1 aliphatic heterocycles. The van der Waals surface area contributed by atoms with Crippen molar-refractivity contribution in [1.82, 2.24) is 15.1 Å². The van der Waals surface area contributed by atoms with Crippen molar-refractivity contribution in [2.24, 2.45) is 5.73 Å². The molecule has 1 heterocycles. The van der Waals surface area contributed by atoms with Crippen LogP contribution in [0.15, 0.2) is 0 Å². The first-order valence-corrected chi connectivity index (χ1v) is 6.54. The Balaban J connectivity index is 1.94. The van der Waals surface area contributed by atoms with Gasteiger partial charge in [-0.05, 0) is 12.8 Å². The van der Waals surface area contributed by atoms with Gasteiger partial charge in [-0.15, -0.1) is 0 Å². The van der Waals surface area contributed by atoms with Crippen molar-refractivity contribution in [1.29, 1.82) is 0 Å². The summed E-state index contributed by atoms with van der Waals surface area (Å²) < 4.78 is 0. The fourth-order valence-electron chi connectivity index (χ4n) is 2.74. The van der Waals surface area contributed by atoms with Crippen LogP contribution in [0.3, 0.4) is 0 Å². The lowest BCUT2D eigenvalue weighted by Crippen LogP contribution is -2.54. The minimum atomic E-state index is -0.423. The van der Waals surface area contributed by atoms with E-state index in [9.17, 15) is 14.4 Å². The fraction of sp³-hybridized carbons (Fsp3) is 0.750. The third-order valence-electron chi connectivity index (χ3n) is 3.89. The molecule has 0 atom stereocenters. The highest BCUT2D eigenvalue weighted by atomic mass is 16.2. The molecule has 1 saturated carbocycles. The summed E-state index contributed by atoms with van der Waals surface area (Å²) in [5.41, 5.74) is 5.38. The molecule has 2 rings (SSSR count). The number of amides is 4. The van der Waals surface area contributed by atoms with Gasteiger partial charge in [0.25, 0.3) is 5.91 Å². The second-order valence-corrected chi connectivity index (χ2v) is 5.36. The van der Waals surface area contributed by atoms with Crippen LogP contribution in [0.4, 0.5) is 4.79 Å². The largest absolute Gasteiger partial charge is 0.348 e. The maximum atomic E-state index is 12.0. The summed E-state index contributed by atoms with van der Waals surface area (Å²) in [6.45, 7) is 0.207. The van der Waals surface area contributed by atoms with Crippen LogP contribution < -0.4 is 11.1 Å². The minimum absolute atomic E-state index is 0.0359. The van der Waals surface area contributed by atoms with Gasteiger partial charge in [0.15, 0.2) is 0 Å². The first-order valence-electron chi connectivity index (χ1n) is 6.54. The predicted molar refractivity (Wildman–Crippen MR) is 68.1 cm³/mol. The van der Waals surface area contributed by atoms with Crippen LogP contribution in [0.2, 0.25) is 0 Å². The Morgan fingerprint density at radius 2 is 2.00 bits per heavy atom. The molecule has 7 heteroatoms. The lowest BCUT2D eigenvalue weighted by atomic mass is 9.98. The van der Waals surface area contributed by atoms with Crippen molar-refractivity contribution in [2.45, 2.75) is 31.2 Å². The Labute approximate surface area is 112 Å². The SMILES string of the molecule is CN1CC(=O)N(CC(=O)NC2(CN)CCCC2)C1=O. The average molecular weight is 268 g/mol. The normalized spacial score (nSPS) is 22.2. The Bertz CT molecular complexity index is 404. The van der Waals surface area contributed by atoms with Crippen molar-refractivity contribution in [2.75, 3.05) is 26.7 Å². The number of nitrogens with one attached hydrogen (secondary N) is 1. The molecule has 7 nitrogen and oxygen atoms in total. The van der Waals surface area contributed by atoms with E-state index in [1.54, 1.807) is 0 Å². The van der Waals surface area contributed by atoms with Crippen molar-refractivity contribution in [3.63, 3.8) is 0 Å². The molecule has 1 saturated heterocycles. The summed E-state index contributed by atoms with van der Waals surface area (Å²) >= 11 is 0. The summed E-state index contributed by atoms with van der Waals surface area (Å²) in [6, 6.07) is -0.423. The second-order valence-electron chi connectivity index (χ2n) is 5.36. The van der Waals surface area contributed by atoms with Gasteiger partial charge in [-0.3, -0.25) is 14.5 Å². The van der Waals surface area contributed by atoms with Crippen molar-refractivity contribution in [3.8, 4) is 0 Å². The highest BCUT2D eigenvalue weighted by Crippen LogP contribution is 2.28. The van der Waals surface area contributed by atoms with Gasteiger partial charge in [0.05, 0.1) is 5.54 Å². The molecule has 3 N–H and O–H groups in total. The van der Waals surface area contributed by atoms with Gasteiger partial charge in [0.1, 0.15) is 13.1 Å². The van der Waals surface area contributed by atoms with Crippen LogP contribution in [0, 0.1) is 0 Å². The zero-order valence-corrected chi connectivity index (χ0v) is 11.1. The smallest absolute Gasteiger partial charge is 0.327 e. The number of rotatable bonds is 4. The topological polar surface area (TPSA) is 95.7 Å². The Kier molecular flexibility index (Phi) is 3.75. The monoisotopic (exact) mass is 268 g/mol. The molecule has 19 heavy (non-hydrogen) atoms. The van der Waals surface area contributed by atoms with E-state index in [1.807, 2.05) is 0 Å². The van der Waals surface area contributed by atoms with Crippen molar-refractivity contribution < 1.29 is 14.4 Å². The number of urea groups is 1. The molecule has 0 aromatic carbocycles. The molecule has 1 aliphatic carbocycles. The maximum Gasteiger partial charge on any atom is 0.327 e. The van der Waals surface area contributed by atoms with Crippen LogP contribution in [0.25, 0.3) is 0 Å². The van der Waals surface area contributed by atoms with E-state index in [0.717, 1.165) is 30.6 Å². The van der Waals surface area contributed by atoms with Gasteiger partial charge in [-0.1, -0.05) is 12.8 Å². The van der Waals surface area contributed by atoms with Crippen LogP contribution in [-0.2, 0) is 9.59 Å². The zero-order valence-electron chi connectivity index (χ0n) is 11.1. The number of hydrogen-bond acceptors (Lipinski definition) is 4. The minimum Gasteiger partial charge on any atom is -0.348 e. The number of hydrogen-bond donors (Lipinski definition) is 2. The van der Waals surface area contributed by atoms with Crippen LogP contribution in [0.5, 0.6) is 0 Å². The van der Waals surface area contributed by atoms with Gasteiger partial charge in [-0.25, -0.2) is 4.79 Å². The van der Waals surface area contributed by atoms with Crippen LogP contribution in [-0.4, -0.2) is 59.9 Å². The van der Waals surface area contributed by atoms with E-state index in [4.69, 9.17) is 5.73 Å². The maximum absolute atomic E-state index is 12.0. The van der Waals surface area contributed by atoms with E-state index < -0.39 is 6.03 Å². The number of carbonyl (C=O) groups is 3. The number of carbonyl (C=O) groups excluding carboxylic acids is 3. The molecule has 106 valence electrons. The van der Waals surface area contributed by atoms with E-state index in [2.05, 4.69) is 5.32 Å². The van der Waals surface area contributed by atoms with Crippen LogP contribution in [0.1, 0.15) is 25.7 Å². The summed E-state index contributed by atoms with van der Waals surface area (Å²) in [4.78, 5) is 37.5. The molecule has 2 aliphatic rings. The van der Waals surface area contributed by atoms with Crippen molar-refractivity contribution in [3.05, 3.63) is 0 Å². The fourth-order valence-corrected chi connectivity index (χ4v) is 2.74. The quantitative estimate of drug-likeness (QED) is 0.657. The molecular weight excluding hydrogens is 248 g/mol. The Hall–Kier alpha value is -1.63. The van der Waals surface area contributed by atoms with Gasteiger partial charge in [0.2, 0.25) is 5.91 Å². The van der Waals surface area contributed by atoms with Crippen molar-refractivity contribution >= 4 is 17.8 Å². The lowest BCUT2D eigenvalue weighted by Gasteiger charge is -2.29. The first kappa shape index (κ1) is 13.8. The van der Waals surface area contributed by atoms with Crippen LogP contribution >= 0.6 is 0 Å². The molecule has 0 aromatic heterocycles. The summed E-state index contributed by atoms with van der Waals surface area (Å²) in [7, 11) is 1.54. The molecular formula is C12H20N4O3. The predicted octanol–water partition coefficient (Wildman–Crippen LogP) is -0.732. The zero-order chi connectivity index (χ0) is 14.0. The lowest BCUT2D eigenvalue weighted by molar-refractivity contribution is -0.131. The Morgan fingerprint density at radius 3 is 2.47 bits per heavy atom.